The highest BCUT2D eigenvalue weighted by molar-refractivity contribution is 5.69. The van der Waals surface area contributed by atoms with Gasteiger partial charge in [0.1, 0.15) is 0 Å². The molecule has 2 nitrogen and oxygen atoms in total. The summed E-state index contributed by atoms with van der Waals surface area (Å²) in [7, 11) is 0. The fraction of sp³-hybridized carbons (Fsp3) is 0.154. The molecule has 0 aliphatic carbocycles. The number of rotatable bonds is 1. The predicted molar refractivity (Wildman–Crippen MR) is 62.0 cm³/mol. The first-order valence-electron chi connectivity index (χ1n) is 4.94. The first-order chi connectivity index (χ1) is 7.20. The van der Waals surface area contributed by atoms with E-state index in [-0.39, 0.29) is 5.56 Å². The van der Waals surface area contributed by atoms with Crippen LogP contribution in [0.5, 0.6) is 0 Å². The van der Waals surface area contributed by atoms with Crippen LogP contribution in [0.4, 0.5) is 0 Å². The van der Waals surface area contributed by atoms with Crippen molar-refractivity contribution in [1.29, 1.82) is 0 Å². The Morgan fingerprint density at radius 3 is 2.40 bits per heavy atom. The molecule has 2 aromatic rings. The lowest BCUT2D eigenvalue weighted by Gasteiger charge is -2.08. The van der Waals surface area contributed by atoms with E-state index in [2.05, 4.69) is 4.98 Å². The third kappa shape index (κ3) is 1.71. The molecule has 0 aliphatic heterocycles. The SMILES string of the molecule is Cc1c[nH]c(=O)c(C)c1-c1ccccc1. The van der Waals surface area contributed by atoms with Crippen molar-refractivity contribution in [1.82, 2.24) is 4.98 Å². The molecule has 0 fully saturated rings. The van der Waals surface area contributed by atoms with E-state index in [9.17, 15) is 4.79 Å². The van der Waals surface area contributed by atoms with Crippen molar-refractivity contribution in [2.45, 2.75) is 13.8 Å². The molecule has 0 unspecified atom stereocenters. The lowest BCUT2D eigenvalue weighted by Crippen LogP contribution is -2.11. The van der Waals surface area contributed by atoms with Crippen LogP contribution in [-0.4, -0.2) is 4.98 Å². The minimum atomic E-state index is -0.0144. The molecule has 1 aromatic carbocycles. The number of aryl methyl sites for hydroxylation is 1. The van der Waals surface area contributed by atoms with E-state index in [1.807, 2.05) is 44.2 Å². The van der Waals surface area contributed by atoms with Crippen molar-refractivity contribution in [3.8, 4) is 11.1 Å². The van der Waals surface area contributed by atoms with E-state index in [0.29, 0.717) is 0 Å². The number of nitrogens with one attached hydrogen (secondary N) is 1. The number of benzene rings is 1. The molecule has 1 heterocycles. The summed E-state index contributed by atoms with van der Waals surface area (Å²) < 4.78 is 0. The topological polar surface area (TPSA) is 32.9 Å². The highest BCUT2D eigenvalue weighted by Gasteiger charge is 2.07. The normalized spacial score (nSPS) is 10.3. The number of aromatic amines is 1. The first kappa shape index (κ1) is 9.71. The second-order valence-corrected chi connectivity index (χ2v) is 3.67. The molecular formula is C13H13NO. The van der Waals surface area contributed by atoms with Crippen molar-refractivity contribution in [2.24, 2.45) is 0 Å². The molecule has 0 saturated carbocycles. The molecule has 0 saturated heterocycles. The fourth-order valence-electron chi connectivity index (χ4n) is 1.81. The van der Waals surface area contributed by atoms with Gasteiger partial charge in [0.2, 0.25) is 0 Å². The van der Waals surface area contributed by atoms with Gasteiger partial charge in [-0.3, -0.25) is 4.79 Å². The zero-order valence-electron chi connectivity index (χ0n) is 8.87. The number of hydrogen-bond acceptors (Lipinski definition) is 1. The van der Waals surface area contributed by atoms with Gasteiger partial charge in [0.15, 0.2) is 0 Å². The van der Waals surface area contributed by atoms with Crippen LogP contribution in [-0.2, 0) is 0 Å². The van der Waals surface area contributed by atoms with Crippen molar-refractivity contribution < 1.29 is 0 Å². The van der Waals surface area contributed by atoms with Gasteiger partial charge in [0.05, 0.1) is 0 Å². The van der Waals surface area contributed by atoms with Gasteiger partial charge in [-0.2, -0.15) is 0 Å². The van der Waals surface area contributed by atoms with Gasteiger partial charge >= 0.3 is 0 Å². The minimum absolute atomic E-state index is 0.0144. The number of hydrogen-bond donors (Lipinski definition) is 1. The Labute approximate surface area is 88.6 Å². The zero-order valence-corrected chi connectivity index (χ0v) is 8.87. The molecule has 1 aromatic heterocycles. The van der Waals surface area contributed by atoms with E-state index < -0.39 is 0 Å². The summed E-state index contributed by atoms with van der Waals surface area (Å²) in [5.41, 5.74) is 4.00. The van der Waals surface area contributed by atoms with Crippen LogP contribution in [0.3, 0.4) is 0 Å². The molecule has 76 valence electrons. The Hall–Kier alpha value is -1.83. The standard InChI is InChI=1S/C13H13NO/c1-9-8-14-13(15)10(2)12(9)11-6-4-3-5-7-11/h3-8H,1-2H3,(H,14,15). The van der Waals surface area contributed by atoms with Crippen LogP contribution < -0.4 is 5.56 Å². The molecule has 2 heteroatoms. The Balaban J connectivity index is 2.73. The Morgan fingerprint density at radius 1 is 1.07 bits per heavy atom. The van der Waals surface area contributed by atoms with Gasteiger partial charge in [-0.1, -0.05) is 30.3 Å². The van der Waals surface area contributed by atoms with Crippen LogP contribution in [0.1, 0.15) is 11.1 Å². The third-order valence-corrected chi connectivity index (χ3v) is 2.59. The van der Waals surface area contributed by atoms with Gasteiger partial charge in [0.25, 0.3) is 5.56 Å². The van der Waals surface area contributed by atoms with E-state index in [1.165, 1.54) is 0 Å². The summed E-state index contributed by atoms with van der Waals surface area (Å²) in [6.45, 7) is 3.86. The minimum Gasteiger partial charge on any atom is -0.329 e. The van der Waals surface area contributed by atoms with Gasteiger partial charge in [-0.25, -0.2) is 0 Å². The van der Waals surface area contributed by atoms with Gasteiger partial charge < -0.3 is 4.98 Å². The van der Waals surface area contributed by atoms with Crippen LogP contribution >= 0.6 is 0 Å². The van der Waals surface area contributed by atoms with Gasteiger partial charge in [-0.05, 0) is 30.5 Å². The molecule has 0 aliphatic rings. The monoisotopic (exact) mass is 199 g/mol. The molecule has 0 amide bonds. The summed E-state index contributed by atoms with van der Waals surface area (Å²) in [5, 5.41) is 0. The highest BCUT2D eigenvalue weighted by Crippen LogP contribution is 2.23. The Kier molecular flexibility index (Phi) is 2.42. The smallest absolute Gasteiger partial charge is 0.251 e. The summed E-state index contributed by atoms with van der Waals surface area (Å²) >= 11 is 0. The van der Waals surface area contributed by atoms with Crippen LogP contribution in [0.15, 0.2) is 41.3 Å². The van der Waals surface area contributed by atoms with Gasteiger partial charge in [-0.15, -0.1) is 0 Å². The van der Waals surface area contributed by atoms with E-state index in [1.54, 1.807) is 6.20 Å². The fourth-order valence-corrected chi connectivity index (χ4v) is 1.81. The summed E-state index contributed by atoms with van der Waals surface area (Å²) in [6.07, 6.45) is 1.76. The van der Waals surface area contributed by atoms with E-state index in [0.717, 1.165) is 22.3 Å². The van der Waals surface area contributed by atoms with Crippen LogP contribution in [0, 0.1) is 13.8 Å². The molecule has 0 atom stereocenters. The maximum absolute atomic E-state index is 11.5. The quantitative estimate of drug-likeness (QED) is 0.752. The molecule has 0 spiro atoms. The second-order valence-electron chi connectivity index (χ2n) is 3.67. The second kappa shape index (κ2) is 3.73. The van der Waals surface area contributed by atoms with E-state index in [4.69, 9.17) is 0 Å². The van der Waals surface area contributed by atoms with Crippen molar-refractivity contribution in [2.75, 3.05) is 0 Å². The van der Waals surface area contributed by atoms with Crippen LogP contribution in [0.25, 0.3) is 11.1 Å². The zero-order chi connectivity index (χ0) is 10.8. The van der Waals surface area contributed by atoms with Crippen LogP contribution in [0.2, 0.25) is 0 Å². The van der Waals surface area contributed by atoms with Crippen molar-refractivity contribution in [3.63, 3.8) is 0 Å². The summed E-state index contributed by atoms with van der Waals surface area (Å²) in [6, 6.07) is 9.98. The Bertz CT molecular complexity index is 526. The van der Waals surface area contributed by atoms with Crippen molar-refractivity contribution in [3.05, 3.63) is 58.0 Å². The maximum atomic E-state index is 11.5. The predicted octanol–water partition coefficient (Wildman–Crippen LogP) is 2.66. The largest absolute Gasteiger partial charge is 0.329 e. The average Bonchev–Trinajstić information content (AvgIpc) is 2.26. The summed E-state index contributed by atoms with van der Waals surface area (Å²) in [5.74, 6) is 0. The number of pyridine rings is 1. The lowest BCUT2D eigenvalue weighted by molar-refractivity contribution is 1.15. The summed E-state index contributed by atoms with van der Waals surface area (Å²) in [4.78, 5) is 14.2. The van der Waals surface area contributed by atoms with E-state index >= 15 is 0 Å². The average molecular weight is 199 g/mol. The molecular weight excluding hydrogens is 186 g/mol. The van der Waals surface area contributed by atoms with Gasteiger partial charge in [0, 0.05) is 11.8 Å². The number of aromatic nitrogens is 1. The lowest BCUT2D eigenvalue weighted by atomic mass is 9.98. The molecule has 1 N–H and O–H groups in total. The maximum Gasteiger partial charge on any atom is 0.251 e. The Morgan fingerprint density at radius 2 is 1.73 bits per heavy atom. The third-order valence-electron chi connectivity index (χ3n) is 2.59. The highest BCUT2D eigenvalue weighted by atomic mass is 16.1. The molecule has 0 bridgehead atoms. The molecule has 2 rings (SSSR count). The molecule has 15 heavy (non-hydrogen) atoms. The number of H-pyrrole nitrogens is 1. The van der Waals surface area contributed by atoms with Crippen molar-refractivity contribution >= 4 is 0 Å². The first-order valence-corrected chi connectivity index (χ1v) is 4.94. The molecule has 0 radical (unpaired) electrons.